The van der Waals surface area contributed by atoms with Crippen LogP contribution in [0.5, 0.6) is 0 Å². The molecule has 0 saturated carbocycles. The molecule has 0 bridgehead atoms. The zero-order chi connectivity index (χ0) is 22.3. The van der Waals surface area contributed by atoms with Gasteiger partial charge in [0, 0.05) is 13.1 Å². The summed E-state index contributed by atoms with van der Waals surface area (Å²) < 4.78 is 5.15. The first kappa shape index (κ1) is 29.0. The lowest BCUT2D eigenvalue weighted by Crippen LogP contribution is -2.27. The van der Waals surface area contributed by atoms with Gasteiger partial charge in [0.15, 0.2) is 0 Å². The molecule has 0 aliphatic rings. The van der Waals surface area contributed by atoms with Gasteiger partial charge in [-0.25, -0.2) is 0 Å². The molecule has 1 aromatic rings. The largest absolute Gasteiger partial charge is 0.460 e. The van der Waals surface area contributed by atoms with Crippen LogP contribution in [-0.4, -0.2) is 24.7 Å². The number of nitrogens with zero attached hydrogens (tertiary/aromatic N) is 1. The molecule has 3 nitrogen and oxygen atoms in total. The van der Waals surface area contributed by atoms with Gasteiger partial charge >= 0.3 is 5.97 Å². The fraction of sp³-hybridized carbons (Fsp3) is 0.708. The van der Waals surface area contributed by atoms with Crippen LogP contribution >= 0.6 is 11.6 Å². The maximum absolute atomic E-state index is 11.2. The van der Waals surface area contributed by atoms with Crippen LogP contribution in [0.2, 0.25) is 5.02 Å². The number of ether oxygens (including phenoxy) is 1. The fourth-order valence-electron chi connectivity index (χ4n) is 2.34. The van der Waals surface area contributed by atoms with Crippen LogP contribution in [-0.2, 0) is 9.53 Å². The number of rotatable bonds is 7. The molecule has 1 aromatic carbocycles. The standard InChI is InChI=1S/C13H20ClN.C9H18O2.C2H6/c1-4-9-15(10-5-2)12-8-6-7-11(3)13(12)14;1-6-7(2)8(10)11-9(3,4)5;1-2/h6-8H,4-5,9-10H2,1-3H3;7H,6H2,1-5H3;1-2H3. The van der Waals surface area contributed by atoms with Crippen molar-refractivity contribution < 1.29 is 9.53 Å². The lowest BCUT2D eigenvalue weighted by atomic mass is 10.1. The Morgan fingerprint density at radius 2 is 1.61 bits per heavy atom. The van der Waals surface area contributed by atoms with E-state index in [4.69, 9.17) is 16.3 Å². The van der Waals surface area contributed by atoms with Gasteiger partial charge in [-0.15, -0.1) is 0 Å². The zero-order valence-electron chi connectivity index (χ0n) is 20.0. The molecule has 0 aromatic heterocycles. The van der Waals surface area contributed by atoms with Gasteiger partial charge in [0.05, 0.1) is 16.6 Å². The lowest BCUT2D eigenvalue weighted by molar-refractivity contribution is -0.159. The maximum Gasteiger partial charge on any atom is 0.309 e. The quantitative estimate of drug-likeness (QED) is 0.429. The van der Waals surface area contributed by atoms with Crippen molar-refractivity contribution in [3.63, 3.8) is 0 Å². The smallest absolute Gasteiger partial charge is 0.309 e. The summed E-state index contributed by atoms with van der Waals surface area (Å²) in [5, 5.41) is 0.902. The van der Waals surface area contributed by atoms with Gasteiger partial charge in [-0.05, 0) is 58.6 Å². The van der Waals surface area contributed by atoms with Crippen LogP contribution in [0, 0.1) is 12.8 Å². The van der Waals surface area contributed by atoms with Gasteiger partial charge in [0.1, 0.15) is 5.60 Å². The molecular formula is C24H44ClNO2. The second-order valence-electron chi connectivity index (χ2n) is 7.74. The van der Waals surface area contributed by atoms with E-state index < -0.39 is 0 Å². The van der Waals surface area contributed by atoms with Gasteiger partial charge < -0.3 is 9.64 Å². The molecule has 28 heavy (non-hydrogen) atoms. The van der Waals surface area contributed by atoms with Crippen molar-refractivity contribution >= 4 is 23.3 Å². The number of esters is 1. The van der Waals surface area contributed by atoms with Gasteiger partial charge in [-0.3, -0.25) is 4.79 Å². The number of hydrogen-bond acceptors (Lipinski definition) is 3. The Labute approximate surface area is 179 Å². The Morgan fingerprint density at radius 1 is 1.11 bits per heavy atom. The van der Waals surface area contributed by atoms with E-state index in [-0.39, 0.29) is 17.5 Å². The molecular weight excluding hydrogens is 370 g/mol. The molecule has 0 amide bonds. The van der Waals surface area contributed by atoms with Gasteiger partial charge in [0.25, 0.3) is 0 Å². The Balaban J connectivity index is 0. The van der Waals surface area contributed by atoms with Gasteiger partial charge in [-0.2, -0.15) is 0 Å². The van der Waals surface area contributed by atoms with Crippen LogP contribution < -0.4 is 4.90 Å². The minimum absolute atomic E-state index is 0.0224. The predicted molar refractivity (Wildman–Crippen MR) is 126 cm³/mol. The zero-order valence-corrected chi connectivity index (χ0v) is 20.7. The predicted octanol–water partition coefficient (Wildman–Crippen LogP) is 7.68. The molecule has 1 rings (SSSR count). The topological polar surface area (TPSA) is 29.5 Å². The third kappa shape index (κ3) is 12.3. The minimum atomic E-state index is -0.347. The number of carbonyl (C=O) groups is 1. The number of benzene rings is 1. The highest BCUT2D eigenvalue weighted by atomic mass is 35.5. The molecule has 0 heterocycles. The average Bonchev–Trinajstić information content (AvgIpc) is 2.64. The van der Waals surface area contributed by atoms with E-state index in [2.05, 4.69) is 43.9 Å². The van der Waals surface area contributed by atoms with Crippen molar-refractivity contribution in [2.75, 3.05) is 18.0 Å². The van der Waals surface area contributed by atoms with E-state index in [9.17, 15) is 4.79 Å². The highest BCUT2D eigenvalue weighted by Crippen LogP contribution is 2.28. The van der Waals surface area contributed by atoms with Gasteiger partial charge in [0.2, 0.25) is 0 Å². The van der Waals surface area contributed by atoms with E-state index in [1.54, 1.807) is 0 Å². The summed E-state index contributed by atoms with van der Waals surface area (Å²) in [5.74, 6) is -0.0748. The van der Waals surface area contributed by atoms with Crippen LogP contribution in [0.4, 0.5) is 5.69 Å². The highest BCUT2D eigenvalue weighted by Gasteiger charge is 2.19. The van der Waals surface area contributed by atoms with Gasteiger partial charge in [-0.1, -0.05) is 65.3 Å². The summed E-state index contributed by atoms with van der Waals surface area (Å²) in [6.07, 6.45) is 3.16. The SMILES string of the molecule is CC.CCC(C)C(=O)OC(C)(C)C.CCCN(CCC)c1cccc(C)c1Cl. The molecule has 0 saturated heterocycles. The van der Waals surface area contributed by atoms with Crippen molar-refractivity contribution in [2.45, 2.75) is 94.1 Å². The first-order valence-corrected chi connectivity index (χ1v) is 11.2. The first-order valence-electron chi connectivity index (χ1n) is 10.8. The molecule has 0 fully saturated rings. The Morgan fingerprint density at radius 3 is 2.00 bits per heavy atom. The third-order valence-electron chi connectivity index (χ3n) is 3.92. The first-order chi connectivity index (χ1) is 13.1. The lowest BCUT2D eigenvalue weighted by Gasteiger charge is -2.25. The van der Waals surface area contributed by atoms with E-state index in [0.29, 0.717) is 0 Å². The van der Waals surface area contributed by atoms with E-state index in [1.807, 2.05) is 48.5 Å². The normalized spacial score (nSPS) is 11.4. The second-order valence-corrected chi connectivity index (χ2v) is 8.12. The molecule has 0 N–H and O–H groups in total. The maximum atomic E-state index is 11.2. The average molecular weight is 414 g/mol. The van der Waals surface area contributed by atoms with Crippen molar-refractivity contribution in [1.82, 2.24) is 0 Å². The second kappa shape index (κ2) is 15.7. The van der Waals surface area contributed by atoms with Crippen molar-refractivity contribution in [2.24, 2.45) is 5.92 Å². The van der Waals surface area contributed by atoms with E-state index in [1.165, 1.54) is 5.69 Å². The summed E-state index contributed by atoms with van der Waals surface area (Å²) in [4.78, 5) is 13.5. The van der Waals surface area contributed by atoms with Crippen LogP contribution in [0.1, 0.15) is 87.1 Å². The molecule has 0 aliphatic heterocycles. The monoisotopic (exact) mass is 413 g/mol. The number of halogens is 1. The number of hydrogen-bond donors (Lipinski definition) is 0. The van der Waals surface area contributed by atoms with E-state index >= 15 is 0 Å². The highest BCUT2D eigenvalue weighted by molar-refractivity contribution is 6.34. The van der Waals surface area contributed by atoms with Crippen molar-refractivity contribution in [3.05, 3.63) is 28.8 Å². The minimum Gasteiger partial charge on any atom is -0.460 e. The molecule has 164 valence electrons. The Bertz CT molecular complexity index is 532. The fourth-order valence-corrected chi connectivity index (χ4v) is 2.58. The summed E-state index contributed by atoms with van der Waals surface area (Å²) in [6, 6.07) is 6.25. The number of anilines is 1. The molecule has 1 unspecified atom stereocenters. The van der Waals surface area contributed by atoms with Crippen LogP contribution in [0.3, 0.4) is 0 Å². The number of aryl methyl sites for hydroxylation is 1. The summed E-state index contributed by atoms with van der Waals surface area (Å²) >= 11 is 6.32. The summed E-state index contributed by atoms with van der Waals surface area (Å²) in [6.45, 7) is 22.1. The van der Waals surface area contributed by atoms with Crippen LogP contribution in [0.25, 0.3) is 0 Å². The Kier molecular flexibility index (Phi) is 16.2. The van der Waals surface area contributed by atoms with Crippen LogP contribution in [0.15, 0.2) is 18.2 Å². The summed E-state index contributed by atoms with van der Waals surface area (Å²) in [5.41, 5.74) is 1.99. The number of carbonyl (C=O) groups excluding carboxylic acids is 1. The van der Waals surface area contributed by atoms with Crippen molar-refractivity contribution in [3.8, 4) is 0 Å². The third-order valence-corrected chi connectivity index (χ3v) is 4.41. The Hall–Kier alpha value is -1.22. The molecule has 0 spiro atoms. The summed E-state index contributed by atoms with van der Waals surface area (Å²) in [7, 11) is 0. The molecule has 0 radical (unpaired) electrons. The molecule has 0 aliphatic carbocycles. The van der Waals surface area contributed by atoms with E-state index in [0.717, 1.165) is 42.9 Å². The molecule has 1 atom stereocenters. The van der Waals surface area contributed by atoms with Crippen molar-refractivity contribution in [1.29, 1.82) is 0 Å². The molecule has 4 heteroatoms.